The third-order valence-corrected chi connectivity index (χ3v) is 6.49. The van der Waals surface area contributed by atoms with Crippen LogP contribution in [0.5, 0.6) is 5.75 Å². The van der Waals surface area contributed by atoms with Gasteiger partial charge in [0, 0.05) is 23.9 Å². The molecular weight excluding hydrogens is 461 g/mol. The largest absolute Gasteiger partial charge is 0.490 e. The van der Waals surface area contributed by atoms with E-state index in [1.165, 1.54) is 6.07 Å². The zero-order valence-corrected chi connectivity index (χ0v) is 20.4. The van der Waals surface area contributed by atoms with Crippen molar-refractivity contribution < 1.29 is 19.0 Å². The number of aliphatic hydroxyl groups is 1. The number of aromatic nitrogens is 3. The van der Waals surface area contributed by atoms with Crippen LogP contribution in [-0.4, -0.2) is 43.6 Å². The number of anilines is 1. The lowest BCUT2D eigenvalue weighted by atomic mass is 9.95. The van der Waals surface area contributed by atoms with Crippen LogP contribution >= 0.6 is 11.6 Å². The normalized spacial score (nSPS) is 19.1. The molecule has 1 amide bonds. The van der Waals surface area contributed by atoms with E-state index in [0.29, 0.717) is 41.3 Å². The average Bonchev–Trinajstić information content (AvgIpc) is 3.33. The van der Waals surface area contributed by atoms with Gasteiger partial charge >= 0.3 is 0 Å². The molecule has 0 radical (unpaired) electrons. The second kappa shape index (κ2) is 9.38. The maximum absolute atomic E-state index is 15.3. The van der Waals surface area contributed by atoms with Gasteiger partial charge < -0.3 is 20.9 Å². The molecule has 1 fully saturated rings. The van der Waals surface area contributed by atoms with Crippen LogP contribution in [0, 0.1) is 12.7 Å². The number of nitrogen functional groups attached to an aromatic ring is 1. The number of halogens is 2. The number of rotatable bonds is 6. The molecule has 10 heteroatoms. The number of ether oxygens (including phenoxy) is 1. The molecule has 1 aromatic carbocycles. The van der Waals surface area contributed by atoms with Gasteiger partial charge in [-0.25, -0.2) is 14.4 Å². The van der Waals surface area contributed by atoms with Crippen LogP contribution < -0.4 is 15.8 Å². The van der Waals surface area contributed by atoms with Gasteiger partial charge in [-0.15, -0.1) is 0 Å². The van der Waals surface area contributed by atoms with E-state index >= 15 is 4.39 Å². The number of hydrogen-bond donors (Lipinski definition) is 3. The Balaban J connectivity index is 1.86. The van der Waals surface area contributed by atoms with Crippen molar-refractivity contribution in [2.24, 2.45) is 0 Å². The Morgan fingerprint density at radius 1 is 1.38 bits per heavy atom. The van der Waals surface area contributed by atoms with Crippen molar-refractivity contribution >= 4 is 28.8 Å². The number of benzene rings is 1. The lowest BCUT2D eigenvalue weighted by Gasteiger charge is -2.24. The van der Waals surface area contributed by atoms with Crippen LogP contribution in [0.15, 0.2) is 18.5 Å². The highest BCUT2D eigenvalue weighted by atomic mass is 35.5. The van der Waals surface area contributed by atoms with Crippen molar-refractivity contribution in [3.8, 4) is 5.75 Å². The Morgan fingerprint density at radius 3 is 2.76 bits per heavy atom. The number of aryl methyl sites for hydroxylation is 1. The van der Waals surface area contributed by atoms with E-state index in [-0.39, 0.29) is 22.4 Å². The van der Waals surface area contributed by atoms with Gasteiger partial charge in [-0.1, -0.05) is 18.5 Å². The predicted molar refractivity (Wildman–Crippen MR) is 128 cm³/mol. The minimum absolute atomic E-state index is 0.103. The van der Waals surface area contributed by atoms with E-state index < -0.39 is 29.8 Å². The summed E-state index contributed by atoms with van der Waals surface area (Å²) in [5.74, 6) is -0.903. The van der Waals surface area contributed by atoms with Gasteiger partial charge in [0.05, 0.1) is 29.0 Å². The molecular formula is C24H29ClFN5O3. The number of imidazole rings is 1. The zero-order valence-electron chi connectivity index (χ0n) is 19.6. The van der Waals surface area contributed by atoms with Crippen molar-refractivity contribution in [1.82, 2.24) is 19.7 Å². The zero-order chi connectivity index (χ0) is 24.7. The minimum atomic E-state index is -0.865. The highest BCUT2D eigenvalue weighted by Crippen LogP contribution is 2.40. The molecule has 2 aromatic heterocycles. The SMILES string of the molecule is Cc1nc([C@@H](C)c2cc(Cl)c(F)c(C(=O)N[C@H]3CCC[C@H]3O)c2OC(C)C)n2ccnc(N)c12. The Labute approximate surface area is 202 Å². The summed E-state index contributed by atoms with van der Waals surface area (Å²) in [5.41, 5.74) is 7.67. The average molecular weight is 490 g/mol. The molecule has 2 heterocycles. The molecule has 0 unspecified atom stereocenters. The third-order valence-electron chi connectivity index (χ3n) is 6.22. The molecule has 182 valence electrons. The summed E-state index contributed by atoms with van der Waals surface area (Å²) in [5, 5.41) is 12.7. The van der Waals surface area contributed by atoms with Gasteiger partial charge in [-0.3, -0.25) is 9.20 Å². The number of nitrogens with zero attached hydrogens (tertiary/aromatic N) is 3. The first-order valence-electron chi connectivity index (χ1n) is 11.4. The Bertz CT molecular complexity index is 1250. The molecule has 8 nitrogen and oxygen atoms in total. The fourth-order valence-electron chi connectivity index (χ4n) is 4.58. The summed E-state index contributed by atoms with van der Waals surface area (Å²) in [4.78, 5) is 22.1. The molecule has 34 heavy (non-hydrogen) atoms. The van der Waals surface area contributed by atoms with Gasteiger partial charge in [0.1, 0.15) is 28.5 Å². The summed E-state index contributed by atoms with van der Waals surface area (Å²) in [6.45, 7) is 7.30. The fraction of sp³-hybridized carbons (Fsp3) is 0.458. The molecule has 3 aromatic rings. The highest BCUT2D eigenvalue weighted by molar-refractivity contribution is 6.31. The number of hydrogen-bond acceptors (Lipinski definition) is 6. The summed E-state index contributed by atoms with van der Waals surface area (Å²) in [6.07, 6.45) is 4.31. The lowest BCUT2D eigenvalue weighted by molar-refractivity contribution is 0.0863. The van der Waals surface area contributed by atoms with Gasteiger partial charge in [0.25, 0.3) is 5.91 Å². The number of aliphatic hydroxyl groups excluding tert-OH is 1. The molecule has 0 bridgehead atoms. The summed E-state index contributed by atoms with van der Waals surface area (Å²) in [6, 6.07) is 1.02. The van der Waals surface area contributed by atoms with Crippen LogP contribution in [-0.2, 0) is 0 Å². The molecule has 4 N–H and O–H groups in total. The maximum atomic E-state index is 15.3. The van der Waals surface area contributed by atoms with E-state index in [1.807, 2.05) is 18.2 Å². The monoisotopic (exact) mass is 489 g/mol. The third kappa shape index (κ3) is 4.30. The van der Waals surface area contributed by atoms with Crippen LogP contribution in [0.2, 0.25) is 5.02 Å². The molecule has 1 aliphatic rings. The van der Waals surface area contributed by atoms with Crippen molar-refractivity contribution in [2.45, 2.75) is 71.1 Å². The first-order chi connectivity index (χ1) is 16.1. The van der Waals surface area contributed by atoms with E-state index in [1.54, 1.807) is 26.2 Å². The number of amides is 1. The number of carbonyl (C=O) groups is 1. The van der Waals surface area contributed by atoms with Crippen molar-refractivity contribution in [3.05, 3.63) is 51.9 Å². The van der Waals surface area contributed by atoms with Crippen LogP contribution in [0.1, 0.15) is 73.4 Å². The second-order valence-electron chi connectivity index (χ2n) is 9.02. The second-order valence-corrected chi connectivity index (χ2v) is 9.43. The van der Waals surface area contributed by atoms with Crippen molar-refractivity contribution in [3.63, 3.8) is 0 Å². The minimum Gasteiger partial charge on any atom is -0.490 e. The first-order valence-corrected chi connectivity index (χ1v) is 11.7. The van der Waals surface area contributed by atoms with Crippen molar-refractivity contribution in [1.29, 1.82) is 0 Å². The van der Waals surface area contributed by atoms with Gasteiger partial charge in [-0.05, 0) is 46.1 Å². The number of nitrogens with one attached hydrogen (secondary N) is 1. The molecule has 0 spiro atoms. The lowest BCUT2D eigenvalue weighted by Crippen LogP contribution is -2.40. The number of fused-ring (bicyclic) bond motifs is 1. The summed E-state index contributed by atoms with van der Waals surface area (Å²) < 4.78 is 23.1. The van der Waals surface area contributed by atoms with Crippen LogP contribution in [0.3, 0.4) is 0 Å². The van der Waals surface area contributed by atoms with E-state index in [2.05, 4.69) is 15.3 Å². The van der Waals surface area contributed by atoms with Crippen LogP contribution in [0.25, 0.3) is 5.52 Å². The quantitative estimate of drug-likeness (QED) is 0.482. The Morgan fingerprint density at radius 2 is 2.12 bits per heavy atom. The standard InChI is InChI=1S/C24H29ClFN5O3/c1-11(2)34-21-14(12(3)23-29-13(4)20-22(27)28-8-9-31(20)23)10-15(25)19(26)18(21)24(33)30-16-6-5-7-17(16)32/h8-12,16-17,32H,5-7H2,1-4H3,(H2,27,28)(H,30,33)/t12-,16-,17+/m0/s1. The van der Waals surface area contributed by atoms with E-state index in [0.717, 1.165) is 6.42 Å². The first kappa shape index (κ1) is 24.2. The Hall–Kier alpha value is -2.91. The Kier molecular flexibility index (Phi) is 6.69. The number of carbonyl (C=O) groups excluding carboxylic acids is 1. The molecule has 1 aliphatic carbocycles. The van der Waals surface area contributed by atoms with E-state index in [4.69, 9.17) is 22.1 Å². The topological polar surface area (TPSA) is 115 Å². The molecule has 3 atom stereocenters. The fourth-order valence-corrected chi connectivity index (χ4v) is 4.79. The summed E-state index contributed by atoms with van der Waals surface area (Å²) >= 11 is 6.28. The molecule has 4 rings (SSSR count). The van der Waals surface area contributed by atoms with Gasteiger partial charge in [-0.2, -0.15) is 0 Å². The highest BCUT2D eigenvalue weighted by Gasteiger charge is 2.33. The van der Waals surface area contributed by atoms with Crippen LogP contribution in [0.4, 0.5) is 10.2 Å². The predicted octanol–water partition coefficient (Wildman–Crippen LogP) is 3.99. The van der Waals surface area contributed by atoms with Gasteiger partial charge in [0.15, 0.2) is 5.82 Å². The van der Waals surface area contributed by atoms with E-state index in [9.17, 15) is 9.90 Å². The van der Waals surface area contributed by atoms with Gasteiger partial charge in [0.2, 0.25) is 0 Å². The smallest absolute Gasteiger partial charge is 0.258 e. The molecule has 0 aliphatic heterocycles. The van der Waals surface area contributed by atoms with Crippen molar-refractivity contribution in [2.75, 3.05) is 5.73 Å². The number of nitrogens with two attached hydrogens (primary N) is 1. The molecule has 0 saturated heterocycles. The molecule has 1 saturated carbocycles. The maximum Gasteiger partial charge on any atom is 0.258 e. The summed E-state index contributed by atoms with van der Waals surface area (Å²) in [7, 11) is 0.